The fourth-order valence-corrected chi connectivity index (χ4v) is 2.84. The van der Waals surface area contributed by atoms with Crippen LogP contribution < -0.4 is 4.90 Å². The highest BCUT2D eigenvalue weighted by atomic mass is 79.9. The Morgan fingerprint density at radius 3 is 2.25 bits per heavy atom. The third-order valence-electron chi connectivity index (χ3n) is 3.20. The maximum Gasteiger partial charge on any atom is 0.0772 e. The van der Waals surface area contributed by atoms with Gasteiger partial charge in [-0.25, -0.2) is 0 Å². The second kappa shape index (κ2) is 8.01. The van der Waals surface area contributed by atoms with Gasteiger partial charge in [0.15, 0.2) is 0 Å². The number of aliphatic hydroxyl groups excluding tert-OH is 1. The predicted molar refractivity (Wildman–Crippen MR) is 90.4 cm³/mol. The predicted octanol–water partition coefficient (Wildman–Crippen LogP) is 3.53. The Kier molecular flexibility index (Phi) is 7.00. The van der Waals surface area contributed by atoms with Crippen molar-refractivity contribution in [2.45, 2.75) is 26.9 Å². The Labute approximate surface area is 131 Å². The van der Waals surface area contributed by atoms with Gasteiger partial charge in [-0.2, -0.15) is 0 Å². The minimum absolute atomic E-state index is 0.446. The van der Waals surface area contributed by atoms with Crippen LogP contribution in [0.2, 0.25) is 0 Å². The van der Waals surface area contributed by atoms with Gasteiger partial charge in [0.2, 0.25) is 0 Å². The molecule has 0 aliphatic carbocycles. The monoisotopic (exact) mass is 342 g/mol. The summed E-state index contributed by atoms with van der Waals surface area (Å²) in [6.45, 7) is 9.34. The number of hydrogen-bond acceptors (Lipinski definition) is 3. The van der Waals surface area contributed by atoms with E-state index >= 15 is 0 Å². The van der Waals surface area contributed by atoms with E-state index in [4.69, 9.17) is 0 Å². The zero-order valence-electron chi connectivity index (χ0n) is 13.2. The summed E-state index contributed by atoms with van der Waals surface area (Å²) in [5.41, 5.74) is 2.14. The molecule has 0 unspecified atom stereocenters. The molecule has 0 spiro atoms. The van der Waals surface area contributed by atoms with E-state index in [1.165, 1.54) is 5.69 Å². The average Bonchev–Trinajstić information content (AvgIpc) is 2.33. The fraction of sp³-hybridized carbons (Fsp3) is 0.625. The van der Waals surface area contributed by atoms with E-state index in [1.807, 2.05) is 6.07 Å². The molecule has 3 nitrogen and oxygen atoms in total. The molecule has 114 valence electrons. The van der Waals surface area contributed by atoms with Crippen LogP contribution in [0.5, 0.6) is 0 Å². The van der Waals surface area contributed by atoms with Crippen LogP contribution in [0.25, 0.3) is 0 Å². The van der Waals surface area contributed by atoms with Crippen LogP contribution in [-0.2, 0) is 0 Å². The highest BCUT2D eigenvalue weighted by Crippen LogP contribution is 2.28. The molecular weight excluding hydrogens is 316 g/mol. The molecule has 1 rings (SSSR count). The molecule has 0 aromatic heterocycles. The van der Waals surface area contributed by atoms with Crippen LogP contribution >= 0.6 is 15.9 Å². The van der Waals surface area contributed by atoms with Gasteiger partial charge in [0.25, 0.3) is 0 Å². The molecule has 20 heavy (non-hydrogen) atoms. The number of hydrogen-bond donors (Lipinski definition) is 1. The van der Waals surface area contributed by atoms with Gasteiger partial charge in [0.05, 0.1) is 6.10 Å². The molecule has 1 N–H and O–H groups in total. The molecule has 1 aromatic carbocycles. The number of benzene rings is 1. The molecule has 0 aliphatic heterocycles. The van der Waals surface area contributed by atoms with E-state index in [1.54, 1.807) is 6.92 Å². The smallest absolute Gasteiger partial charge is 0.0772 e. The summed E-state index contributed by atoms with van der Waals surface area (Å²) in [5.74, 6) is 0.618. The Bertz CT molecular complexity index is 419. The SMILES string of the molecule is CC(C)CN(CCN(C)C)c1ccc([C@H](C)O)c(Br)c1. The molecular formula is C16H27BrN2O. The molecule has 1 aromatic rings. The van der Waals surface area contributed by atoms with Crippen molar-refractivity contribution in [2.75, 3.05) is 38.6 Å². The first-order valence-corrected chi connectivity index (χ1v) is 7.97. The van der Waals surface area contributed by atoms with Gasteiger partial charge in [-0.15, -0.1) is 0 Å². The standard InChI is InChI=1S/C16H27BrN2O/c1-12(2)11-19(9-8-18(4)5)14-6-7-15(13(3)20)16(17)10-14/h6-7,10,12-13,20H,8-9,11H2,1-5H3/t13-/m0/s1. The van der Waals surface area contributed by atoms with Crippen LogP contribution in [0, 0.1) is 5.92 Å². The molecule has 0 fully saturated rings. The van der Waals surface area contributed by atoms with Gasteiger partial charge < -0.3 is 14.9 Å². The first-order valence-electron chi connectivity index (χ1n) is 7.18. The van der Waals surface area contributed by atoms with Gasteiger partial charge in [-0.1, -0.05) is 35.8 Å². The molecule has 0 amide bonds. The Hall–Kier alpha value is -0.580. The maximum atomic E-state index is 9.71. The molecule has 0 bridgehead atoms. The largest absolute Gasteiger partial charge is 0.389 e. The van der Waals surface area contributed by atoms with Crippen molar-refractivity contribution in [3.8, 4) is 0 Å². The van der Waals surface area contributed by atoms with E-state index in [2.05, 4.69) is 65.8 Å². The lowest BCUT2D eigenvalue weighted by molar-refractivity contribution is 0.198. The lowest BCUT2D eigenvalue weighted by Gasteiger charge is -2.28. The summed E-state index contributed by atoms with van der Waals surface area (Å²) in [6.07, 6.45) is -0.446. The van der Waals surface area contributed by atoms with E-state index in [9.17, 15) is 5.11 Å². The van der Waals surface area contributed by atoms with Crippen molar-refractivity contribution < 1.29 is 5.11 Å². The van der Waals surface area contributed by atoms with Crippen LogP contribution in [0.4, 0.5) is 5.69 Å². The number of halogens is 1. The lowest BCUT2D eigenvalue weighted by Crippen LogP contribution is -2.34. The maximum absolute atomic E-state index is 9.71. The van der Waals surface area contributed by atoms with E-state index < -0.39 is 6.10 Å². The van der Waals surface area contributed by atoms with Crippen molar-refractivity contribution in [1.82, 2.24) is 4.90 Å². The normalized spacial score (nSPS) is 13.1. The topological polar surface area (TPSA) is 26.7 Å². The number of rotatable bonds is 7. The van der Waals surface area contributed by atoms with E-state index in [-0.39, 0.29) is 0 Å². The van der Waals surface area contributed by atoms with Crippen molar-refractivity contribution in [2.24, 2.45) is 5.92 Å². The first kappa shape index (κ1) is 17.5. The second-order valence-corrected chi connectivity index (χ2v) is 6.88. The molecule has 0 radical (unpaired) electrons. The van der Waals surface area contributed by atoms with Gasteiger partial charge >= 0.3 is 0 Å². The quantitative estimate of drug-likeness (QED) is 0.821. The number of nitrogens with zero attached hydrogens (tertiary/aromatic N) is 2. The molecule has 0 heterocycles. The van der Waals surface area contributed by atoms with Crippen molar-refractivity contribution in [3.63, 3.8) is 0 Å². The molecule has 0 saturated carbocycles. The summed E-state index contributed by atoms with van der Waals surface area (Å²) in [7, 11) is 4.19. The molecule has 0 saturated heterocycles. The zero-order valence-corrected chi connectivity index (χ0v) is 14.8. The minimum atomic E-state index is -0.446. The van der Waals surface area contributed by atoms with Gasteiger partial charge in [-0.3, -0.25) is 0 Å². The number of anilines is 1. The fourth-order valence-electron chi connectivity index (χ4n) is 2.14. The first-order chi connectivity index (χ1) is 9.31. The Morgan fingerprint density at radius 1 is 1.15 bits per heavy atom. The van der Waals surface area contributed by atoms with Crippen molar-refractivity contribution in [1.29, 1.82) is 0 Å². The highest BCUT2D eigenvalue weighted by Gasteiger charge is 2.12. The summed E-state index contributed by atoms with van der Waals surface area (Å²) in [5, 5.41) is 9.71. The second-order valence-electron chi connectivity index (χ2n) is 6.02. The van der Waals surface area contributed by atoms with Crippen molar-refractivity contribution >= 4 is 21.6 Å². The third-order valence-corrected chi connectivity index (χ3v) is 3.89. The van der Waals surface area contributed by atoms with Crippen LogP contribution in [-0.4, -0.2) is 43.7 Å². The summed E-state index contributed by atoms with van der Waals surface area (Å²) < 4.78 is 0.976. The van der Waals surface area contributed by atoms with Gasteiger partial charge in [-0.05, 0) is 44.6 Å². The number of likely N-dealkylation sites (N-methyl/N-ethyl adjacent to an activating group) is 1. The molecule has 0 aliphatic rings. The Balaban J connectivity index is 2.92. The van der Waals surface area contributed by atoms with Crippen LogP contribution in [0.1, 0.15) is 32.4 Å². The summed E-state index contributed by atoms with van der Waals surface area (Å²) in [4.78, 5) is 4.60. The van der Waals surface area contributed by atoms with Gasteiger partial charge in [0, 0.05) is 29.8 Å². The van der Waals surface area contributed by atoms with Gasteiger partial charge in [0.1, 0.15) is 0 Å². The molecule has 4 heteroatoms. The lowest BCUT2D eigenvalue weighted by atomic mass is 10.1. The zero-order chi connectivity index (χ0) is 15.3. The van der Waals surface area contributed by atoms with E-state index in [0.29, 0.717) is 5.92 Å². The van der Waals surface area contributed by atoms with Crippen LogP contribution in [0.15, 0.2) is 22.7 Å². The minimum Gasteiger partial charge on any atom is -0.389 e. The van der Waals surface area contributed by atoms with E-state index in [0.717, 1.165) is 29.7 Å². The van der Waals surface area contributed by atoms with Crippen LogP contribution in [0.3, 0.4) is 0 Å². The number of aliphatic hydroxyl groups is 1. The Morgan fingerprint density at radius 2 is 1.80 bits per heavy atom. The van der Waals surface area contributed by atoms with Crippen molar-refractivity contribution in [3.05, 3.63) is 28.2 Å². The molecule has 1 atom stereocenters. The summed E-state index contributed by atoms with van der Waals surface area (Å²) >= 11 is 3.57. The average molecular weight is 343 g/mol. The summed E-state index contributed by atoms with van der Waals surface area (Å²) in [6, 6.07) is 6.22. The third kappa shape index (κ3) is 5.43. The highest BCUT2D eigenvalue weighted by molar-refractivity contribution is 9.10.